The maximum Gasteiger partial charge on any atom is 0.408 e. The van der Waals surface area contributed by atoms with Gasteiger partial charge in [0.15, 0.2) is 0 Å². The predicted molar refractivity (Wildman–Crippen MR) is 66.5 cm³/mol. The Bertz CT molecular complexity index is 325. The summed E-state index contributed by atoms with van der Waals surface area (Å²) < 4.78 is 4.94. The molecule has 2 amide bonds. The van der Waals surface area contributed by atoms with Gasteiger partial charge in [0.1, 0.15) is 6.04 Å². The number of methoxy groups -OCH3 is 1. The number of likely N-dealkylation sites (tertiary alicyclic amines) is 1. The van der Waals surface area contributed by atoms with Crippen LogP contribution in [0, 0.1) is 0 Å². The second-order valence-electron chi connectivity index (χ2n) is 5.45. The average Bonchev–Trinajstić information content (AvgIpc) is 2.56. The SMILES string of the molecule is COCCN1CC[C@H](N(C(=O)O)C(C)(C)C)C1=O. The molecule has 0 saturated carbocycles. The summed E-state index contributed by atoms with van der Waals surface area (Å²) in [5.74, 6) is -0.121. The minimum Gasteiger partial charge on any atom is -0.465 e. The van der Waals surface area contributed by atoms with Crippen LogP contribution in [0.15, 0.2) is 0 Å². The number of amides is 2. The average molecular weight is 258 g/mol. The van der Waals surface area contributed by atoms with Gasteiger partial charge in [-0.25, -0.2) is 4.79 Å². The number of ether oxygens (including phenoxy) is 1. The van der Waals surface area contributed by atoms with E-state index in [0.29, 0.717) is 26.1 Å². The molecule has 0 aromatic heterocycles. The molecule has 6 nitrogen and oxygen atoms in total. The van der Waals surface area contributed by atoms with Gasteiger partial charge in [-0.1, -0.05) is 0 Å². The smallest absolute Gasteiger partial charge is 0.408 e. The summed E-state index contributed by atoms with van der Waals surface area (Å²) in [4.78, 5) is 26.4. The summed E-state index contributed by atoms with van der Waals surface area (Å²) in [6, 6.07) is -0.570. The van der Waals surface area contributed by atoms with Gasteiger partial charge < -0.3 is 14.7 Å². The molecule has 1 N–H and O–H groups in total. The molecule has 1 saturated heterocycles. The first-order chi connectivity index (χ1) is 8.29. The Labute approximate surface area is 107 Å². The summed E-state index contributed by atoms with van der Waals surface area (Å²) >= 11 is 0. The van der Waals surface area contributed by atoms with Crippen molar-refractivity contribution in [2.75, 3.05) is 26.8 Å². The summed E-state index contributed by atoms with van der Waals surface area (Å²) in [6.07, 6.45) is -0.499. The van der Waals surface area contributed by atoms with Gasteiger partial charge in [0.25, 0.3) is 0 Å². The molecule has 104 valence electrons. The van der Waals surface area contributed by atoms with E-state index < -0.39 is 17.7 Å². The highest BCUT2D eigenvalue weighted by Crippen LogP contribution is 2.24. The number of nitrogens with zero attached hydrogens (tertiary/aromatic N) is 2. The fourth-order valence-corrected chi connectivity index (χ4v) is 2.27. The fraction of sp³-hybridized carbons (Fsp3) is 0.833. The molecule has 0 aliphatic carbocycles. The van der Waals surface area contributed by atoms with Crippen LogP contribution in [0.25, 0.3) is 0 Å². The lowest BCUT2D eigenvalue weighted by Gasteiger charge is -2.36. The fourth-order valence-electron chi connectivity index (χ4n) is 2.27. The summed E-state index contributed by atoms with van der Waals surface area (Å²) in [5.41, 5.74) is -0.580. The zero-order chi connectivity index (χ0) is 13.9. The molecule has 0 bridgehead atoms. The standard InChI is InChI=1S/C12H22N2O4/c1-12(2,3)14(11(16)17)9-5-6-13(10(9)15)7-8-18-4/h9H,5-8H2,1-4H3,(H,16,17)/t9-/m0/s1. The van der Waals surface area contributed by atoms with Crippen LogP contribution in [-0.4, -0.2) is 65.3 Å². The summed E-state index contributed by atoms with van der Waals surface area (Å²) in [6.45, 7) is 6.97. The Morgan fingerprint density at radius 1 is 1.56 bits per heavy atom. The highest BCUT2D eigenvalue weighted by molar-refractivity contribution is 5.87. The number of carboxylic acid groups (broad SMARTS) is 1. The van der Waals surface area contributed by atoms with Crippen molar-refractivity contribution in [2.45, 2.75) is 38.8 Å². The Hall–Kier alpha value is -1.30. The van der Waals surface area contributed by atoms with Crippen LogP contribution in [0.4, 0.5) is 4.79 Å². The van der Waals surface area contributed by atoms with Crippen molar-refractivity contribution in [2.24, 2.45) is 0 Å². The number of hydrogen-bond acceptors (Lipinski definition) is 3. The molecule has 1 heterocycles. The highest BCUT2D eigenvalue weighted by Gasteiger charge is 2.42. The second kappa shape index (κ2) is 5.56. The predicted octanol–water partition coefficient (Wildman–Crippen LogP) is 1.01. The molecule has 0 aromatic rings. The van der Waals surface area contributed by atoms with Crippen LogP contribution in [0.5, 0.6) is 0 Å². The lowest BCUT2D eigenvalue weighted by molar-refractivity contribution is -0.133. The largest absolute Gasteiger partial charge is 0.465 e. The van der Waals surface area contributed by atoms with E-state index in [0.717, 1.165) is 0 Å². The highest BCUT2D eigenvalue weighted by atomic mass is 16.5. The molecule has 6 heteroatoms. The third-order valence-corrected chi connectivity index (χ3v) is 3.07. The first-order valence-corrected chi connectivity index (χ1v) is 6.09. The van der Waals surface area contributed by atoms with Crippen molar-refractivity contribution in [1.29, 1.82) is 0 Å². The van der Waals surface area contributed by atoms with E-state index in [-0.39, 0.29) is 5.91 Å². The minimum atomic E-state index is -1.05. The molecule has 1 atom stereocenters. The first kappa shape index (κ1) is 14.8. The Morgan fingerprint density at radius 2 is 2.17 bits per heavy atom. The quantitative estimate of drug-likeness (QED) is 0.817. The van der Waals surface area contributed by atoms with Crippen LogP contribution in [0.3, 0.4) is 0 Å². The Kier molecular flexibility index (Phi) is 4.56. The molecular formula is C12H22N2O4. The number of carbonyl (C=O) groups is 2. The summed E-state index contributed by atoms with van der Waals surface area (Å²) in [5, 5.41) is 9.28. The van der Waals surface area contributed by atoms with Gasteiger partial charge in [-0.2, -0.15) is 0 Å². The molecule has 0 aromatic carbocycles. The lowest BCUT2D eigenvalue weighted by atomic mass is 10.0. The number of carbonyl (C=O) groups excluding carboxylic acids is 1. The van der Waals surface area contributed by atoms with Gasteiger partial charge >= 0.3 is 6.09 Å². The molecule has 0 radical (unpaired) electrons. The third kappa shape index (κ3) is 3.13. The first-order valence-electron chi connectivity index (χ1n) is 6.09. The van der Waals surface area contributed by atoms with Crippen molar-refractivity contribution in [3.05, 3.63) is 0 Å². The van der Waals surface area contributed by atoms with Gasteiger partial charge in [0.05, 0.1) is 6.61 Å². The van der Waals surface area contributed by atoms with E-state index in [4.69, 9.17) is 4.74 Å². The summed E-state index contributed by atoms with van der Waals surface area (Å²) in [7, 11) is 1.58. The van der Waals surface area contributed by atoms with Gasteiger partial charge in [-0.15, -0.1) is 0 Å². The van der Waals surface area contributed by atoms with Crippen molar-refractivity contribution in [1.82, 2.24) is 9.80 Å². The number of hydrogen-bond donors (Lipinski definition) is 1. The van der Waals surface area contributed by atoms with E-state index in [1.807, 2.05) is 0 Å². The topological polar surface area (TPSA) is 70.1 Å². The molecule has 1 aliphatic rings. The van der Waals surface area contributed by atoms with Crippen molar-refractivity contribution in [3.63, 3.8) is 0 Å². The van der Waals surface area contributed by atoms with E-state index >= 15 is 0 Å². The molecule has 1 aliphatic heterocycles. The van der Waals surface area contributed by atoms with Crippen LogP contribution in [0.2, 0.25) is 0 Å². The van der Waals surface area contributed by atoms with Crippen LogP contribution in [0.1, 0.15) is 27.2 Å². The monoisotopic (exact) mass is 258 g/mol. The van der Waals surface area contributed by atoms with E-state index in [1.165, 1.54) is 4.90 Å². The van der Waals surface area contributed by atoms with Gasteiger partial charge in [0, 0.05) is 25.7 Å². The Morgan fingerprint density at radius 3 is 2.61 bits per heavy atom. The van der Waals surface area contributed by atoms with Gasteiger partial charge in [0.2, 0.25) is 5.91 Å². The van der Waals surface area contributed by atoms with E-state index in [2.05, 4.69) is 0 Å². The van der Waals surface area contributed by atoms with Crippen molar-refractivity contribution < 1.29 is 19.4 Å². The second-order valence-corrected chi connectivity index (χ2v) is 5.45. The molecule has 18 heavy (non-hydrogen) atoms. The van der Waals surface area contributed by atoms with E-state index in [9.17, 15) is 14.7 Å². The molecule has 0 unspecified atom stereocenters. The van der Waals surface area contributed by atoms with E-state index in [1.54, 1.807) is 32.8 Å². The van der Waals surface area contributed by atoms with Gasteiger partial charge in [-0.3, -0.25) is 9.69 Å². The van der Waals surface area contributed by atoms with Crippen LogP contribution >= 0.6 is 0 Å². The van der Waals surface area contributed by atoms with Crippen molar-refractivity contribution in [3.8, 4) is 0 Å². The van der Waals surface area contributed by atoms with Crippen molar-refractivity contribution >= 4 is 12.0 Å². The minimum absolute atomic E-state index is 0.121. The van der Waals surface area contributed by atoms with Crippen LogP contribution in [-0.2, 0) is 9.53 Å². The van der Waals surface area contributed by atoms with Gasteiger partial charge in [-0.05, 0) is 27.2 Å². The van der Waals surface area contributed by atoms with Crippen LogP contribution < -0.4 is 0 Å². The number of rotatable bonds is 4. The normalized spacial score (nSPS) is 20.3. The third-order valence-electron chi connectivity index (χ3n) is 3.07. The lowest BCUT2D eigenvalue weighted by Crippen LogP contribution is -2.54. The zero-order valence-corrected chi connectivity index (χ0v) is 11.5. The zero-order valence-electron chi connectivity index (χ0n) is 11.5. The molecular weight excluding hydrogens is 236 g/mol. The molecule has 1 fully saturated rings. The Balaban J connectivity index is 2.78. The molecule has 1 rings (SSSR count). The maximum atomic E-state index is 12.2. The maximum absolute atomic E-state index is 12.2. The molecule has 0 spiro atoms.